The van der Waals surface area contributed by atoms with Gasteiger partial charge in [-0.05, 0) is 20.8 Å². The van der Waals surface area contributed by atoms with Crippen LogP contribution in [0.15, 0.2) is 0 Å². The Morgan fingerprint density at radius 2 is 2.06 bits per heavy atom. The maximum atomic E-state index is 11.5. The third kappa shape index (κ3) is 4.61. The molecule has 0 spiro atoms. The highest BCUT2D eigenvalue weighted by Crippen LogP contribution is 2.24. The minimum atomic E-state index is -0.519. The summed E-state index contributed by atoms with van der Waals surface area (Å²) in [5.74, 6) is 0. The fraction of sp³-hybridized carbons (Fsp3) is 0.833. The fourth-order valence-electron chi connectivity index (χ4n) is 1.63. The molecule has 0 aromatic heterocycles. The van der Waals surface area contributed by atoms with E-state index >= 15 is 0 Å². The van der Waals surface area contributed by atoms with Crippen LogP contribution in [0.25, 0.3) is 4.85 Å². The second-order valence-corrected chi connectivity index (χ2v) is 5.30. The maximum absolute atomic E-state index is 11.5. The molecule has 1 amide bonds. The molecular weight excluding hydrogens is 220 g/mol. The predicted octanol–water partition coefficient (Wildman–Crippen LogP) is 1.98. The second-order valence-electron chi connectivity index (χ2n) is 5.30. The van der Waals surface area contributed by atoms with Gasteiger partial charge in [0.2, 0.25) is 0 Å². The van der Waals surface area contributed by atoms with Crippen LogP contribution in [-0.2, 0) is 9.47 Å². The number of hydrogen-bond acceptors (Lipinski definition) is 3. The number of carbonyl (C=O) groups is 1. The van der Waals surface area contributed by atoms with Gasteiger partial charge in [0.1, 0.15) is 5.60 Å². The number of alkyl carbamates (subject to hydrolysis) is 1. The molecule has 1 aliphatic heterocycles. The highest BCUT2D eigenvalue weighted by Gasteiger charge is 2.39. The standard InChI is InChI=1S/C12H20N2O3/c1-11(2,3)17-10(15)14-9-12(13-4)5-7-16-8-6-12/h5-9H2,1-3H3,(H,14,15). The minimum Gasteiger partial charge on any atom is -0.444 e. The van der Waals surface area contributed by atoms with Gasteiger partial charge >= 0.3 is 6.09 Å². The largest absolute Gasteiger partial charge is 0.444 e. The van der Waals surface area contributed by atoms with Crippen LogP contribution >= 0.6 is 0 Å². The van der Waals surface area contributed by atoms with E-state index in [1.165, 1.54) is 0 Å². The monoisotopic (exact) mass is 240 g/mol. The number of amides is 1. The van der Waals surface area contributed by atoms with Crippen molar-refractivity contribution in [3.63, 3.8) is 0 Å². The van der Waals surface area contributed by atoms with Gasteiger partial charge in [0, 0.05) is 0 Å². The fourth-order valence-corrected chi connectivity index (χ4v) is 1.63. The molecule has 0 radical (unpaired) electrons. The Morgan fingerprint density at radius 1 is 1.47 bits per heavy atom. The van der Waals surface area contributed by atoms with E-state index in [0.717, 1.165) is 0 Å². The number of nitrogens with one attached hydrogen (secondary N) is 1. The number of nitrogens with zero attached hydrogens (tertiary/aromatic N) is 1. The van der Waals surface area contributed by atoms with Gasteiger partial charge in [0.25, 0.3) is 5.54 Å². The lowest BCUT2D eigenvalue weighted by Crippen LogP contribution is -2.45. The van der Waals surface area contributed by atoms with Gasteiger partial charge in [-0.1, -0.05) is 0 Å². The maximum Gasteiger partial charge on any atom is 0.407 e. The van der Waals surface area contributed by atoms with Crippen molar-refractivity contribution in [2.24, 2.45) is 0 Å². The van der Waals surface area contributed by atoms with Gasteiger partial charge < -0.3 is 19.6 Å². The van der Waals surface area contributed by atoms with Gasteiger partial charge in [0.15, 0.2) is 0 Å². The van der Waals surface area contributed by atoms with Crippen LogP contribution in [0.5, 0.6) is 0 Å². The summed E-state index contributed by atoms with van der Waals surface area (Å²) in [4.78, 5) is 15.1. The molecule has 5 nitrogen and oxygen atoms in total. The van der Waals surface area contributed by atoms with Gasteiger partial charge in [-0.2, -0.15) is 0 Å². The van der Waals surface area contributed by atoms with Crippen LogP contribution in [0.3, 0.4) is 0 Å². The summed E-state index contributed by atoms with van der Waals surface area (Å²) < 4.78 is 10.4. The summed E-state index contributed by atoms with van der Waals surface area (Å²) in [6.07, 6.45) is 0.852. The van der Waals surface area contributed by atoms with Crippen molar-refractivity contribution in [1.82, 2.24) is 5.32 Å². The highest BCUT2D eigenvalue weighted by atomic mass is 16.6. The van der Waals surface area contributed by atoms with Crippen molar-refractivity contribution in [2.45, 2.75) is 44.8 Å². The van der Waals surface area contributed by atoms with Gasteiger partial charge in [-0.3, -0.25) is 0 Å². The molecule has 0 aromatic rings. The van der Waals surface area contributed by atoms with E-state index in [2.05, 4.69) is 10.2 Å². The molecule has 5 heteroatoms. The summed E-state index contributed by atoms with van der Waals surface area (Å²) in [5.41, 5.74) is -1.03. The zero-order valence-corrected chi connectivity index (χ0v) is 10.7. The lowest BCUT2D eigenvalue weighted by molar-refractivity contribution is 0.0447. The van der Waals surface area contributed by atoms with Crippen LogP contribution < -0.4 is 5.32 Å². The summed E-state index contributed by atoms with van der Waals surface area (Å²) in [5, 5.41) is 2.67. The highest BCUT2D eigenvalue weighted by molar-refractivity contribution is 5.67. The van der Waals surface area contributed by atoms with Crippen LogP contribution in [0.1, 0.15) is 33.6 Å². The SMILES string of the molecule is [C-]#[N+]C1(CNC(=O)OC(C)(C)C)CCOCC1. The van der Waals surface area contributed by atoms with Crippen LogP contribution in [-0.4, -0.2) is 37.0 Å². The number of ether oxygens (including phenoxy) is 2. The molecule has 1 fully saturated rings. The van der Waals surface area contributed by atoms with Crippen LogP contribution in [0, 0.1) is 6.57 Å². The summed E-state index contributed by atoms with van der Waals surface area (Å²) in [6.45, 7) is 14.2. The summed E-state index contributed by atoms with van der Waals surface area (Å²) in [6, 6.07) is 0. The molecule has 0 bridgehead atoms. The normalized spacial score (nSPS) is 19.2. The summed E-state index contributed by atoms with van der Waals surface area (Å²) >= 11 is 0. The predicted molar refractivity (Wildman–Crippen MR) is 63.6 cm³/mol. The van der Waals surface area contributed by atoms with E-state index in [-0.39, 0.29) is 0 Å². The van der Waals surface area contributed by atoms with Crippen molar-refractivity contribution < 1.29 is 14.3 Å². The molecule has 0 aromatic carbocycles. The Labute approximate surface area is 102 Å². The molecular formula is C12H20N2O3. The smallest absolute Gasteiger partial charge is 0.407 e. The molecule has 17 heavy (non-hydrogen) atoms. The summed E-state index contributed by atoms with van der Waals surface area (Å²) in [7, 11) is 0. The van der Waals surface area contributed by atoms with Gasteiger partial charge in [0.05, 0.1) is 32.6 Å². The lowest BCUT2D eigenvalue weighted by atomic mass is 9.91. The third-order valence-corrected chi connectivity index (χ3v) is 2.62. The first kappa shape index (κ1) is 13.8. The van der Waals surface area contributed by atoms with Crippen molar-refractivity contribution in [3.05, 3.63) is 11.4 Å². The Bertz CT molecular complexity index is 309. The Kier molecular flexibility index (Phi) is 4.35. The number of rotatable bonds is 2. The molecule has 0 aliphatic carbocycles. The molecule has 0 atom stereocenters. The molecule has 0 saturated carbocycles. The van der Waals surface area contributed by atoms with E-state index in [9.17, 15) is 4.79 Å². The number of hydrogen-bond donors (Lipinski definition) is 1. The lowest BCUT2D eigenvalue weighted by Gasteiger charge is -2.27. The molecule has 0 unspecified atom stereocenters. The average molecular weight is 240 g/mol. The first-order valence-corrected chi connectivity index (χ1v) is 5.80. The first-order valence-electron chi connectivity index (χ1n) is 5.80. The topological polar surface area (TPSA) is 51.9 Å². The Morgan fingerprint density at radius 3 is 2.53 bits per heavy atom. The van der Waals surface area contributed by atoms with Crippen LogP contribution in [0.4, 0.5) is 4.79 Å². The van der Waals surface area contributed by atoms with E-state index < -0.39 is 17.2 Å². The van der Waals surface area contributed by atoms with E-state index in [4.69, 9.17) is 16.0 Å². The Hall–Kier alpha value is -1.28. The zero-order valence-electron chi connectivity index (χ0n) is 10.7. The molecule has 1 heterocycles. The quantitative estimate of drug-likeness (QED) is 0.751. The van der Waals surface area contributed by atoms with E-state index in [1.54, 1.807) is 0 Å². The molecule has 1 saturated heterocycles. The van der Waals surface area contributed by atoms with Crippen LogP contribution in [0.2, 0.25) is 0 Å². The minimum absolute atomic E-state index is 0.328. The molecule has 96 valence electrons. The van der Waals surface area contributed by atoms with Crippen molar-refractivity contribution >= 4 is 6.09 Å². The second kappa shape index (κ2) is 5.37. The molecule has 1 rings (SSSR count). The molecule has 1 N–H and O–H groups in total. The zero-order chi connectivity index (χ0) is 12.9. The molecule has 1 aliphatic rings. The average Bonchev–Trinajstić information content (AvgIpc) is 2.25. The van der Waals surface area contributed by atoms with Crippen molar-refractivity contribution in [3.8, 4) is 0 Å². The van der Waals surface area contributed by atoms with E-state index in [1.807, 2.05) is 20.8 Å². The van der Waals surface area contributed by atoms with Gasteiger partial charge in [-0.15, -0.1) is 0 Å². The first-order chi connectivity index (χ1) is 7.87. The third-order valence-electron chi connectivity index (χ3n) is 2.62. The Balaban J connectivity index is 2.43. The van der Waals surface area contributed by atoms with E-state index in [0.29, 0.717) is 32.6 Å². The number of carbonyl (C=O) groups excluding carboxylic acids is 1. The van der Waals surface area contributed by atoms with Gasteiger partial charge in [-0.25, -0.2) is 11.4 Å². The van der Waals surface area contributed by atoms with Crippen molar-refractivity contribution in [2.75, 3.05) is 19.8 Å². The van der Waals surface area contributed by atoms with Crippen molar-refractivity contribution in [1.29, 1.82) is 0 Å².